The number of hydrogen-bond acceptors (Lipinski definition) is 30. The van der Waals surface area contributed by atoms with Crippen molar-refractivity contribution >= 4 is 82.6 Å². The fourth-order valence-corrected chi connectivity index (χ4v) is 12.6. The molecule has 8 rings (SSSR count). The van der Waals surface area contributed by atoms with Crippen molar-refractivity contribution in [3.63, 3.8) is 0 Å². The molecule has 0 saturated carbocycles. The summed E-state index contributed by atoms with van der Waals surface area (Å²) in [6.45, 7) is 4.64. The van der Waals surface area contributed by atoms with Crippen LogP contribution in [0, 0.1) is 0 Å². The number of esters is 4. The Morgan fingerprint density at radius 3 is 1.73 bits per heavy atom. The number of aliphatic hydroxyl groups is 4. The zero-order valence-electron chi connectivity index (χ0n) is 56.7. The predicted molar refractivity (Wildman–Crippen MR) is 336 cm³/mol. The van der Waals surface area contributed by atoms with Crippen LogP contribution in [0.25, 0.3) is 10.8 Å². The van der Waals surface area contributed by atoms with Gasteiger partial charge in [-0.1, -0.05) is 71.9 Å². The Morgan fingerprint density at radius 1 is 0.641 bits per heavy atom. The number of amides is 1. The number of unbranched alkanes of at least 4 members (excludes halogenated alkanes) is 1. The largest absolute Gasteiger partial charge is 1.00 e. The van der Waals surface area contributed by atoms with Crippen molar-refractivity contribution in [2.24, 2.45) is 0 Å². The van der Waals surface area contributed by atoms with Gasteiger partial charge >= 0.3 is 119 Å². The third-order valence-corrected chi connectivity index (χ3v) is 18.2. The normalized spacial score (nSPS) is 21.7. The van der Waals surface area contributed by atoms with Crippen molar-refractivity contribution in [1.29, 1.82) is 0 Å². The maximum absolute atomic E-state index is 14.9. The number of nitrogens with one attached hydrogen (secondary N) is 1. The number of aryl methyl sites for hydroxylation is 2. The van der Waals surface area contributed by atoms with Gasteiger partial charge in [0, 0.05) is 31.0 Å². The molecule has 0 spiro atoms. The number of nitrogens with zero attached hydrogens (tertiary/aromatic N) is 3. The zero-order valence-corrected chi connectivity index (χ0v) is 65.1. The van der Waals surface area contributed by atoms with Gasteiger partial charge in [0.05, 0.1) is 62.1 Å². The van der Waals surface area contributed by atoms with Gasteiger partial charge < -0.3 is 87.1 Å². The molecule has 2 fully saturated rings. The SMILES string of the molecule is CC(C)OC(=O)[C@H](O[C@@H]1O[C@H](CO)[C@H](OC(=O)c2ccccc2)[C@H](O[C@H](Cc2ccccc2)C(=O)O)[C@H]1OC(=O)c1ccccc1)[C@@H](O[C@@H]1O[C@@H](C)[C@@H](O)[C@@H](O)[C@@H]1O)C(=O)O[C@@H](C)CCCn1cc(CCCCC(=O)Nc2cc(S(=O)(=O)[O-])cc3cc(S(=O)(=O)[O-])cc(S(=O)(=O)[O-])c23)nn1.[Na+].[Na+].[Na+]. The van der Waals surface area contributed by atoms with Gasteiger partial charge in [-0.25, -0.2) is 49.2 Å². The van der Waals surface area contributed by atoms with Crippen molar-refractivity contribution in [2.75, 3.05) is 11.9 Å². The summed E-state index contributed by atoms with van der Waals surface area (Å²) in [6, 6.07) is 24.7. The summed E-state index contributed by atoms with van der Waals surface area (Å²) in [5.74, 6) is -7.46. The molecule has 0 radical (unpaired) electrons. The number of carboxylic acid groups (broad SMARTS) is 1. The first kappa shape index (κ1) is 88.3. The molecule has 0 bridgehead atoms. The average molecular weight is 1530 g/mol. The summed E-state index contributed by atoms with van der Waals surface area (Å²) < 4.78 is 164. The van der Waals surface area contributed by atoms with Crippen LogP contribution in [0.1, 0.15) is 91.8 Å². The molecular weight excluding hydrogens is 1450 g/mol. The molecule has 542 valence electrons. The van der Waals surface area contributed by atoms with E-state index < -0.39 is 196 Å². The molecule has 2 aliphatic rings. The molecule has 103 heavy (non-hydrogen) atoms. The fourth-order valence-electron chi connectivity index (χ4n) is 10.8. The van der Waals surface area contributed by atoms with E-state index in [9.17, 15) is 93.2 Å². The number of fused-ring (bicyclic) bond motifs is 1. The number of aliphatic carboxylic acids is 1. The van der Waals surface area contributed by atoms with Crippen molar-refractivity contribution in [2.45, 2.75) is 186 Å². The first-order valence-corrected chi connectivity index (χ1v) is 35.2. The molecule has 39 heteroatoms. The number of carbonyl (C=O) groups excluding carboxylic acids is 5. The monoisotopic (exact) mass is 1520 g/mol. The number of anilines is 1. The number of rotatable bonds is 32. The minimum atomic E-state index is -5.60. The molecule has 0 unspecified atom stereocenters. The maximum atomic E-state index is 14.9. The van der Waals surface area contributed by atoms with E-state index in [1.54, 1.807) is 48.7 Å². The van der Waals surface area contributed by atoms with Crippen LogP contribution < -0.4 is 94.0 Å². The summed E-state index contributed by atoms with van der Waals surface area (Å²) in [6.07, 6.45) is -26.5. The van der Waals surface area contributed by atoms with E-state index in [1.165, 1.54) is 80.9 Å². The summed E-state index contributed by atoms with van der Waals surface area (Å²) in [5.41, 5.74) is 0.0672. The van der Waals surface area contributed by atoms with Gasteiger partial charge in [0.1, 0.15) is 60.9 Å². The van der Waals surface area contributed by atoms with Gasteiger partial charge in [-0.2, -0.15) is 0 Å². The second-order valence-corrected chi connectivity index (χ2v) is 27.7. The van der Waals surface area contributed by atoms with Crippen LogP contribution in [-0.2, 0) is 112 Å². The van der Waals surface area contributed by atoms with Crippen molar-refractivity contribution < 1.29 is 225 Å². The molecule has 5 aromatic carbocycles. The van der Waals surface area contributed by atoms with Crippen LogP contribution in [0.2, 0.25) is 0 Å². The third-order valence-electron chi connectivity index (χ3n) is 15.7. The van der Waals surface area contributed by atoms with E-state index >= 15 is 0 Å². The Kier molecular flexibility index (Phi) is 33.9. The van der Waals surface area contributed by atoms with Crippen LogP contribution in [0.3, 0.4) is 0 Å². The first-order valence-electron chi connectivity index (χ1n) is 31.0. The number of carboxylic acids is 1. The van der Waals surface area contributed by atoms with Gasteiger partial charge in [-0.15, -0.1) is 5.10 Å². The van der Waals surface area contributed by atoms with Crippen molar-refractivity contribution in [3.8, 4) is 0 Å². The molecule has 1 amide bonds. The van der Waals surface area contributed by atoms with E-state index in [0.29, 0.717) is 29.5 Å². The topological polar surface area (TPSA) is 501 Å². The van der Waals surface area contributed by atoms with E-state index in [1.807, 2.05) is 0 Å². The second kappa shape index (κ2) is 39.5. The molecule has 33 nitrogen and oxygen atoms in total. The van der Waals surface area contributed by atoms with Gasteiger partial charge in [0.2, 0.25) is 5.91 Å². The van der Waals surface area contributed by atoms with Crippen molar-refractivity contribution in [1.82, 2.24) is 15.0 Å². The van der Waals surface area contributed by atoms with Crippen LogP contribution in [0.5, 0.6) is 0 Å². The van der Waals surface area contributed by atoms with Gasteiger partial charge in [-0.05, 0) is 119 Å². The molecule has 3 heterocycles. The number of carbonyl (C=O) groups is 6. The Balaban J connectivity index is 0.00000636. The third kappa shape index (κ3) is 24.3. The average Bonchev–Trinajstić information content (AvgIpc) is 1.30. The molecular formula is C64H71N4Na3O29S3. The number of aromatic nitrogens is 3. The number of benzene rings is 5. The minimum absolute atomic E-state index is 0. The molecule has 2 saturated heterocycles. The standard InChI is InChI=1S/C64H74N4O29S3.3Na/c1-34(2)89-61(78)55(97-64-57(95-60(77)39-22-12-7-13-23-39)54(92-45(58(74)75)27-37-18-8-5-9-19-37)53(46(33-69)93-64)94-59(76)38-20-10-6-11-21-38)56(96-63-52(73)51(72)50(71)36(4)91-63)62(79)90-35(3)17-16-26-68-32-41(66-67-68)24-14-15-25-48(70)65-44-30-42(98(80,81)82)28-40-29-43(99(83,84)85)31-47(49(40)44)100(86,87)88;;;/h5-13,18-23,28-32,34-36,45-46,50-57,63-64,69,71-73H,14-17,24-27,33H2,1-4H3,(H,65,70)(H,74,75)(H,80,81,82)(H,83,84,85)(H,86,87,88);;;/q;3*+1/p-3/t35-,36-,45+,46+,50+,51+,52-,53-,54-,55+,56+,57+,63-,64-;;;/m0.../s1. The quantitative estimate of drug-likeness (QED) is 0.00751. The molecule has 14 atom stereocenters. The number of ether oxygens (including phenoxy) is 9. The molecule has 6 N–H and O–H groups in total. The molecule has 0 aliphatic carbocycles. The second-order valence-electron chi connectivity index (χ2n) is 23.6. The van der Waals surface area contributed by atoms with Gasteiger partial charge in [0.15, 0.2) is 43.1 Å². The maximum Gasteiger partial charge on any atom is 1.00 e. The summed E-state index contributed by atoms with van der Waals surface area (Å²) in [4.78, 5) is 80.8. The van der Waals surface area contributed by atoms with Crippen LogP contribution in [0.4, 0.5) is 5.69 Å². The van der Waals surface area contributed by atoms with E-state index in [-0.39, 0.29) is 157 Å². The van der Waals surface area contributed by atoms with Crippen LogP contribution >= 0.6 is 0 Å². The summed E-state index contributed by atoms with van der Waals surface area (Å²) in [7, 11) is -16.4. The molecule has 2 aliphatic heterocycles. The smallest absolute Gasteiger partial charge is 0.744 e. The van der Waals surface area contributed by atoms with Crippen LogP contribution in [0.15, 0.2) is 136 Å². The molecule has 1 aromatic heterocycles. The van der Waals surface area contributed by atoms with Gasteiger partial charge in [0.25, 0.3) is 0 Å². The number of aliphatic hydroxyl groups excluding tert-OH is 4. The van der Waals surface area contributed by atoms with E-state index in [0.717, 1.165) is 0 Å². The van der Waals surface area contributed by atoms with Crippen LogP contribution in [-0.4, -0.2) is 214 Å². The predicted octanol–water partition coefficient (Wildman–Crippen LogP) is -6.98. The minimum Gasteiger partial charge on any atom is -0.744 e. The Morgan fingerprint density at radius 2 is 1.18 bits per heavy atom. The molecule has 6 aromatic rings. The Hall–Kier alpha value is -5.31. The first-order chi connectivity index (χ1) is 47.2. The van der Waals surface area contributed by atoms with E-state index in [2.05, 4.69) is 15.6 Å². The van der Waals surface area contributed by atoms with Gasteiger partial charge in [-0.3, -0.25) is 9.48 Å². The Bertz CT molecular complexity index is 4220. The zero-order chi connectivity index (χ0) is 73.0. The number of hydrogen-bond donors (Lipinski definition) is 6. The fraction of sp³-hybridized carbons (Fsp3) is 0.438. The van der Waals surface area contributed by atoms with Crippen molar-refractivity contribution in [3.05, 3.63) is 144 Å². The Labute approximate surface area is 657 Å². The summed E-state index contributed by atoms with van der Waals surface area (Å²) in [5, 5.41) is 63.9. The van der Waals surface area contributed by atoms with E-state index in [4.69, 9.17) is 42.6 Å². The summed E-state index contributed by atoms with van der Waals surface area (Å²) >= 11 is 0.